The molecule has 0 amide bonds. The zero-order valence-corrected chi connectivity index (χ0v) is 13.8. The van der Waals surface area contributed by atoms with Crippen LogP contribution in [0.3, 0.4) is 0 Å². The van der Waals surface area contributed by atoms with Crippen molar-refractivity contribution in [2.75, 3.05) is 19.6 Å². The molecule has 3 rings (SSSR count). The Kier molecular flexibility index (Phi) is 3.92. The van der Waals surface area contributed by atoms with E-state index >= 15 is 0 Å². The molecule has 4 nitrogen and oxygen atoms in total. The minimum Gasteiger partial charge on any atom is -0.316 e. The second-order valence-electron chi connectivity index (χ2n) is 5.59. The van der Waals surface area contributed by atoms with Crippen LogP contribution in [0.1, 0.15) is 13.3 Å². The lowest BCUT2D eigenvalue weighted by Crippen LogP contribution is -2.39. The number of hydrogen-bond donors (Lipinski definition) is 1. The minimum atomic E-state index is -3.39. The summed E-state index contributed by atoms with van der Waals surface area (Å²) in [6.45, 7) is 4.60. The van der Waals surface area contributed by atoms with Crippen LogP contribution in [0.5, 0.6) is 0 Å². The van der Waals surface area contributed by atoms with E-state index in [1.165, 1.54) is 0 Å². The summed E-state index contributed by atoms with van der Waals surface area (Å²) in [5.41, 5.74) is 0. The molecule has 3 atom stereocenters. The lowest BCUT2D eigenvalue weighted by Gasteiger charge is -2.26. The summed E-state index contributed by atoms with van der Waals surface area (Å²) in [6.07, 6.45) is 0.871. The van der Waals surface area contributed by atoms with Crippen molar-refractivity contribution in [3.05, 3.63) is 28.7 Å². The third-order valence-electron chi connectivity index (χ3n) is 4.49. The van der Waals surface area contributed by atoms with Crippen molar-refractivity contribution >= 4 is 26.0 Å². The maximum absolute atomic E-state index is 12.9. The molecule has 0 spiro atoms. The summed E-state index contributed by atoms with van der Waals surface area (Å²) in [5, 5.41) is 3.38. The number of rotatable bonds is 3. The van der Waals surface area contributed by atoms with Gasteiger partial charge in [-0.3, -0.25) is 0 Å². The summed E-state index contributed by atoms with van der Waals surface area (Å²) < 4.78 is 28.3. The first-order chi connectivity index (χ1) is 9.54. The smallest absolute Gasteiger partial charge is 0.243 e. The van der Waals surface area contributed by atoms with Gasteiger partial charge in [-0.1, -0.05) is 28.9 Å². The fourth-order valence-corrected chi connectivity index (χ4v) is 5.93. The fourth-order valence-electron chi connectivity index (χ4n) is 3.53. The van der Waals surface area contributed by atoms with Crippen molar-refractivity contribution in [3.63, 3.8) is 0 Å². The molecule has 0 saturated carbocycles. The van der Waals surface area contributed by atoms with Gasteiger partial charge in [0.05, 0.1) is 4.90 Å². The first-order valence-electron chi connectivity index (χ1n) is 7.02. The van der Waals surface area contributed by atoms with Gasteiger partial charge >= 0.3 is 0 Å². The highest BCUT2D eigenvalue weighted by atomic mass is 79.9. The molecule has 2 aliphatic rings. The van der Waals surface area contributed by atoms with Crippen LogP contribution in [0.15, 0.2) is 33.6 Å². The summed E-state index contributed by atoms with van der Waals surface area (Å²) >= 11 is 3.35. The van der Waals surface area contributed by atoms with Gasteiger partial charge in [0, 0.05) is 17.1 Å². The SMILES string of the molecule is CCC1C2CNCC2CN1S(=O)(=O)c1cccc(Br)c1. The van der Waals surface area contributed by atoms with Crippen molar-refractivity contribution in [2.24, 2.45) is 11.8 Å². The monoisotopic (exact) mass is 358 g/mol. The summed E-state index contributed by atoms with van der Waals surface area (Å²) in [4.78, 5) is 0.387. The first-order valence-corrected chi connectivity index (χ1v) is 9.25. The van der Waals surface area contributed by atoms with Crippen LogP contribution in [0, 0.1) is 11.8 Å². The molecule has 2 saturated heterocycles. The van der Waals surface area contributed by atoms with Gasteiger partial charge in [0.15, 0.2) is 0 Å². The maximum Gasteiger partial charge on any atom is 0.243 e. The molecule has 0 aromatic heterocycles. The normalized spacial score (nSPS) is 30.6. The van der Waals surface area contributed by atoms with Crippen LogP contribution in [0.25, 0.3) is 0 Å². The number of benzene rings is 1. The van der Waals surface area contributed by atoms with E-state index in [1.807, 2.05) is 6.07 Å². The summed E-state index contributed by atoms with van der Waals surface area (Å²) in [5.74, 6) is 0.920. The second kappa shape index (κ2) is 5.40. The van der Waals surface area contributed by atoms with Gasteiger partial charge < -0.3 is 5.32 Å². The Morgan fingerprint density at radius 2 is 2.20 bits per heavy atom. The number of fused-ring (bicyclic) bond motifs is 1. The standard InChI is InChI=1S/C14H19BrN2O2S/c1-2-14-13-8-16-7-10(13)9-17(14)20(18,19)12-5-3-4-11(15)6-12/h3-6,10,13-14,16H,2,7-9H2,1H3. The van der Waals surface area contributed by atoms with E-state index in [9.17, 15) is 8.42 Å². The van der Waals surface area contributed by atoms with E-state index in [-0.39, 0.29) is 6.04 Å². The first kappa shape index (κ1) is 14.5. The van der Waals surface area contributed by atoms with E-state index < -0.39 is 10.0 Å². The number of nitrogens with one attached hydrogen (secondary N) is 1. The van der Waals surface area contributed by atoms with Gasteiger partial charge in [0.25, 0.3) is 0 Å². The van der Waals surface area contributed by atoms with E-state index in [0.717, 1.165) is 24.0 Å². The predicted octanol–water partition coefficient (Wildman–Crippen LogP) is 2.07. The van der Waals surface area contributed by atoms with Crippen LogP contribution in [-0.4, -0.2) is 38.4 Å². The zero-order valence-electron chi connectivity index (χ0n) is 11.4. The largest absolute Gasteiger partial charge is 0.316 e. The van der Waals surface area contributed by atoms with Crippen LogP contribution in [0.4, 0.5) is 0 Å². The minimum absolute atomic E-state index is 0.124. The molecule has 0 radical (unpaired) electrons. The average molecular weight is 359 g/mol. The Morgan fingerprint density at radius 3 is 2.90 bits per heavy atom. The lowest BCUT2D eigenvalue weighted by molar-refractivity contribution is 0.329. The second-order valence-corrected chi connectivity index (χ2v) is 8.40. The Balaban J connectivity index is 1.95. The molecule has 1 N–H and O–H groups in total. The van der Waals surface area contributed by atoms with Gasteiger partial charge in [0.1, 0.15) is 0 Å². The summed E-state index contributed by atoms with van der Waals surface area (Å²) in [7, 11) is -3.39. The quantitative estimate of drug-likeness (QED) is 0.899. The molecule has 1 aromatic carbocycles. The molecule has 6 heteroatoms. The molecule has 3 unspecified atom stereocenters. The van der Waals surface area contributed by atoms with Crippen molar-refractivity contribution in [1.82, 2.24) is 9.62 Å². The molecular formula is C14H19BrN2O2S. The van der Waals surface area contributed by atoms with Crippen molar-refractivity contribution in [2.45, 2.75) is 24.3 Å². The topological polar surface area (TPSA) is 49.4 Å². The highest BCUT2D eigenvalue weighted by Gasteiger charge is 2.48. The van der Waals surface area contributed by atoms with Crippen LogP contribution >= 0.6 is 15.9 Å². The molecule has 2 heterocycles. The highest BCUT2D eigenvalue weighted by Crippen LogP contribution is 2.38. The number of halogens is 1. The highest BCUT2D eigenvalue weighted by molar-refractivity contribution is 9.10. The van der Waals surface area contributed by atoms with Gasteiger partial charge in [-0.25, -0.2) is 8.42 Å². The number of sulfonamides is 1. The Labute approximate surface area is 128 Å². The van der Waals surface area contributed by atoms with E-state index in [0.29, 0.717) is 23.3 Å². The molecule has 110 valence electrons. The zero-order chi connectivity index (χ0) is 14.3. The van der Waals surface area contributed by atoms with Gasteiger partial charge in [-0.2, -0.15) is 4.31 Å². The van der Waals surface area contributed by atoms with Crippen LogP contribution in [-0.2, 0) is 10.0 Å². The summed E-state index contributed by atoms with van der Waals surface area (Å²) in [6, 6.07) is 7.11. The predicted molar refractivity (Wildman–Crippen MR) is 82.0 cm³/mol. The molecule has 0 aliphatic carbocycles. The third-order valence-corrected chi connectivity index (χ3v) is 6.87. The Morgan fingerprint density at radius 1 is 1.40 bits per heavy atom. The molecular weight excluding hydrogens is 340 g/mol. The molecule has 20 heavy (non-hydrogen) atoms. The maximum atomic E-state index is 12.9. The Bertz CT molecular complexity index is 605. The molecule has 2 fully saturated rings. The number of nitrogens with zero attached hydrogens (tertiary/aromatic N) is 1. The van der Waals surface area contributed by atoms with Crippen molar-refractivity contribution in [3.8, 4) is 0 Å². The van der Waals surface area contributed by atoms with Gasteiger partial charge in [-0.05, 0) is 49.5 Å². The Hall–Kier alpha value is -0.430. The van der Waals surface area contributed by atoms with E-state index in [1.54, 1.807) is 22.5 Å². The van der Waals surface area contributed by atoms with E-state index in [4.69, 9.17) is 0 Å². The van der Waals surface area contributed by atoms with Gasteiger partial charge in [-0.15, -0.1) is 0 Å². The molecule has 1 aromatic rings. The van der Waals surface area contributed by atoms with Gasteiger partial charge in [0.2, 0.25) is 10.0 Å². The van der Waals surface area contributed by atoms with Crippen LogP contribution < -0.4 is 5.32 Å². The van der Waals surface area contributed by atoms with Crippen LogP contribution in [0.2, 0.25) is 0 Å². The molecule has 2 aliphatic heterocycles. The fraction of sp³-hybridized carbons (Fsp3) is 0.571. The van der Waals surface area contributed by atoms with Crippen molar-refractivity contribution in [1.29, 1.82) is 0 Å². The lowest BCUT2D eigenvalue weighted by atomic mass is 9.93. The third kappa shape index (κ3) is 2.32. The average Bonchev–Trinajstić information content (AvgIpc) is 2.98. The molecule has 0 bridgehead atoms. The van der Waals surface area contributed by atoms with E-state index in [2.05, 4.69) is 28.2 Å². The number of hydrogen-bond acceptors (Lipinski definition) is 3. The van der Waals surface area contributed by atoms with Crippen molar-refractivity contribution < 1.29 is 8.42 Å².